The molecule has 1 heterocycles. The first-order chi connectivity index (χ1) is 18.1. The third-order valence-corrected chi connectivity index (χ3v) is 7.84. The Morgan fingerprint density at radius 1 is 1.05 bits per heavy atom. The van der Waals surface area contributed by atoms with Gasteiger partial charge in [0.05, 0.1) is 11.3 Å². The smallest absolute Gasteiger partial charge is 0.312 e. The number of esters is 5. The summed E-state index contributed by atoms with van der Waals surface area (Å²) in [4.78, 5) is 61.4. The van der Waals surface area contributed by atoms with Crippen LogP contribution in [0.5, 0.6) is 0 Å². The van der Waals surface area contributed by atoms with Gasteiger partial charge in [-0.3, -0.25) is 24.0 Å². The Morgan fingerprint density at radius 2 is 1.67 bits per heavy atom. The number of aliphatic hydroxyl groups is 1. The van der Waals surface area contributed by atoms with Crippen molar-refractivity contribution in [2.75, 3.05) is 6.61 Å². The predicted molar refractivity (Wildman–Crippen MR) is 134 cm³/mol. The molecule has 1 N–H and O–H groups in total. The van der Waals surface area contributed by atoms with Crippen molar-refractivity contribution < 1.29 is 52.8 Å². The van der Waals surface area contributed by atoms with Crippen molar-refractivity contribution in [3.63, 3.8) is 0 Å². The van der Waals surface area contributed by atoms with Crippen LogP contribution in [0.25, 0.3) is 0 Å². The fourth-order valence-electron chi connectivity index (χ4n) is 5.95. The van der Waals surface area contributed by atoms with Crippen molar-refractivity contribution in [1.29, 1.82) is 0 Å². The summed E-state index contributed by atoms with van der Waals surface area (Å²) in [5.74, 6) is -5.40. The molecule has 0 aromatic heterocycles. The molecule has 2 fully saturated rings. The fraction of sp³-hybridized carbons (Fsp3) is 0.607. The molecule has 0 aromatic carbocycles. The summed E-state index contributed by atoms with van der Waals surface area (Å²) in [6.07, 6.45) is 0.445. The molecular weight excluding hydrogens is 512 g/mol. The molecule has 8 atom stereocenters. The van der Waals surface area contributed by atoms with E-state index in [-0.39, 0.29) is 6.61 Å². The monoisotopic (exact) mass is 548 g/mol. The van der Waals surface area contributed by atoms with Gasteiger partial charge >= 0.3 is 29.8 Å². The number of hydrogen-bond acceptors (Lipinski definition) is 11. The van der Waals surface area contributed by atoms with Gasteiger partial charge in [0.1, 0.15) is 24.9 Å². The molecule has 2 aliphatic carbocycles. The van der Waals surface area contributed by atoms with E-state index in [4.69, 9.17) is 23.7 Å². The van der Waals surface area contributed by atoms with E-state index in [0.717, 1.165) is 6.92 Å². The van der Waals surface area contributed by atoms with Crippen LogP contribution in [-0.4, -0.2) is 71.6 Å². The molecule has 0 aromatic rings. The summed E-state index contributed by atoms with van der Waals surface area (Å²) in [5, 5.41) is 12.3. The number of ether oxygens (including phenoxy) is 5. The number of hydrogen-bond donors (Lipinski definition) is 1. The summed E-state index contributed by atoms with van der Waals surface area (Å²) in [6, 6.07) is 0. The van der Waals surface area contributed by atoms with Gasteiger partial charge in [0.15, 0.2) is 11.7 Å². The lowest BCUT2D eigenvalue weighted by molar-refractivity contribution is -0.214. The minimum absolute atomic E-state index is 0.254. The van der Waals surface area contributed by atoms with Gasteiger partial charge in [-0.05, 0) is 37.5 Å². The predicted octanol–water partition coefficient (Wildman–Crippen LogP) is 2.11. The van der Waals surface area contributed by atoms with Gasteiger partial charge < -0.3 is 28.8 Å². The van der Waals surface area contributed by atoms with Crippen molar-refractivity contribution in [1.82, 2.24) is 0 Å². The molecule has 0 unspecified atom stereocenters. The fourth-order valence-corrected chi connectivity index (χ4v) is 5.95. The zero-order valence-electron chi connectivity index (χ0n) is 23.1. The normalized spacial score (nSPS) is 38.1. The second-order valence-electron chi connectivity index (χ2n) is 10.5. The first-order valence-electron chi connectivity index (χ1n) is 12.8. The highest BCUT2D eigenvalue weighted by Crippen LogP contribution is 2.55. The Labute approximate surface area is 227 Å². The van der Waals surface area contributed by atoms with Gasteiger partial charge in [-0.25, -0.2) is 0 Å². The first-order valence-corrected chi connectivity index (χ1v) is 12.8. The molecular formula is C28H36O11. The Hall–Kier alpha value is -3.47. The van der Waals surface area contributed by atoms with E-state index in [1.807, 2.05) is 0 Å². The van der Waals surface area contributed by atoms with Gasteiger partial charge in [0.25, 0.3) is 0 Å². The minimum Gasteiger partial charge on any atom is -0.462 e. The maximum Gasteiger partial charge on any atom is 0.312 e. The Kier molecular flexibility index (Phi) is 8.74. The lowest BCUT2D eigenvalue weighted by Gasteiger charge is -2.54. The van der Waals surface area contributed by atoms with Crippen LogP contribution in [0.3, 0.4) is 0 Å². The average Bonchev–Trinajstić information content (AvgIpc) is 3.03. The lowest BCUT2D eigenvalue weighted by atomic mass is 9.55. The second-order valence-corrected chi connectivity index (χ2v) is 10.5. The molecule has 3 aliphatic rings. The van der Waals surface area contributed by atoms with Crippen LogP contribution in [0.4, 0.5) is 0 Å². The van der Waals surface area contributed by atoms with Gasteiger partial charge in [-0.1, -0.05) is 25.2 Å². The van der Waals surface area contributed by atoms with Crippen LogP contribution in [0.2, 0.25) is 0 Å². The summed E-state index contributed by atoms with van der Waals surface area (Å²) >= 11 is 0. The molecule has 11 nitrogen and oxygen atoms in total. The molecule has 1 aliphatic heterocycles. The molecule has 39 heavy (non-hydrogen) atoms. The van der Waals surface area contributed by atoms with Crippen molar-refractivity contribution in [3.8, 4) is 0 Å². The molecule has 11 heteroatoms. The molecule has 0 amide bonds. The van der Waals surface area contributed by atoms with Gasteiger partial charge in [-0.2, -0.15) is 0 Å². The third-order valence-electron chi connectivity index (χ3n) is 7.84. The van der Waals surface area contributed by atoms with E-state index in [0.29, 0.717) is 24.0 Å². The summed E-state index contributed by atoms with van der Waals surface area (Å²) in [6.45, 7) is 12.0. The van der Waals surface area contributed by atoms with Gasteiger partial charge in [-0.15, -0.1) is 0 Å². The highest BCUT2D eigenvalue weighted by Gasteiger charge is 2.67. The molecule has 214 valence electrons. The summed E-state index contributed by atoms with van der Waals surface area (Å²) in [5.41, 5.74) is -2.60. The number of rotatable bonds is 5. The highest BCUT2D eigenvalue weighted by molar-refractivity contribution is 5.78. The van der Waals surface area contributed by atoms with E-state index < -0.39 is 77.1 Å². The van der Waals surface area contributed by atoms with Crippen LogP contribution >= 0.6 is 0 Å². The number of carbonyl (C=O) groups is 5. The molecule has 0 spiro atoms. The Morgan fingerprint density at radius 3 is 2.23 bits per heavy atom. The Bertz CT molecular complexity index is 1120. The molecule has 0 bridgehead atoms. The highest BCUT2D eigenvalue weighted by atomic mass is 16.6. The standard InChI is InChI=1S/C28H36O11/c1-14-8-10-21(36-17(4)30)27(7)22(37-18(5)31)11-9-20(13-35-16(3)29)12-23-28(34,15(2)26(33)39-23)25(24(14)27)38-19(6)32/h9,11-12,15,21-25,34H,1,8,10,13H2,2-7H3/b11-9+,20-12+/t15-,21-,22-,23-,24+,25-,27+,28-/m0/s1. The van der Waals surface area contributed by atoms with Crippen molar-refractivity contribution in [2.45, 2.75) is 84.4 Å². The largest absolute Gasteiger partial charge is 0.462 e. The minimum atomic E-state index is -2.12. The number of fused-ring (bicyclic) bond motifs is 2. The SMILES string of the molecule is C=C1CC[C@H](OC(C)=O)[C@]2(C)[C@@H](OC(C)=O)/C=C/C(COC(C)=O)=C\[C@@H]3OC(=O)[C@H](C)[C@@]3(O)[C@@H](OC(C)=O)[C@@H]12. The van der Waals surface area contributed by atoms with E-state index in [1.54, 1.807) is 13.0 Å². The van der Waals surface area contributed by atoms with E-state index in [2.05, 4.69) is 6.58 Å². The average molecular weight is 549 g/mol. The van der Waals surface area contributed by atoms with Crippen LogP contribution in [0.15, 0.2) is 36.0 Å². The molecule has 1 saturated heterocycles. The van der Waals surface area contributed by atoms with Crippen molar-refractivity contribution in [2.24, 2.45) is 17.3 Å². The maximum absolute atomic E-state index is 12.9. The molecule has 3 rings (SSSR count). The quantitative estimate of drug-likeness (QED) is 0.305. The lowest BCUT2D eigenvalue weighted by Crippen LogP contribution is -2.65. The third kappa shape index (κ3) is 5.78. The summed E-state index contributed by atoms with van der Waals surface area (Å²) < 4.78 is 28.0. The number of carbonyl (C=O) groups excluding carboxylic acids is 5. The topological polar surface area (TPSA) is 152 Å². The molecule has 0 radical (unpaired) electrons. The van der Waals surface area contributed by atoms with Crippen molar-refractivity contribution >= 4 is 29.8 Å². The van der Waals surface area contributed by atoms with E-state index >= 15 is 0 Å². The van der Waals surface area contributed by atoms with Crippen LogP contribution < -0.4 is 0 Å². The molecule has 1 saturated carbocycles. The zero-order valence-corrected chi connectivity index (χ0v) is 23.1. The Balaban J connectivity index is 2.38. The zero-order chi connectivity index (χ0) is 29.3. The van der Waals surface area contributed by atoms with E-state index in [9.17, 15) is 29.1 Å². The van der Waals surface area contributed by atoms with Crippen LogP contribution in [0, 0.1) is 17.3 Å². The maximum atomic E-state index is 12.9. The van der Waals surface area contributed by atoms with Crippen molar-refractivity contribution in [3.05, 3.63) is 36.0 Å². The summed E-state index contributed by atoms with van der Waals surface area (Å²) in [7, 11) is 0. The van der Waals surface area contributed by atoms with Gasteiger partial charge in [0, 0.05) is 33.6 Å². The van der Waals surface area contributed by atoms with Crippen LogP contribution in [-0.2, 0) is 47.7 Å². The van der Waals surface area contributed by atoms with Crippen LogP contribution in [0.1, 0.15) is 54.4 Å². The first kappa shape index (κ1) is 30.1. The second kappa shape index (κ2) is 11.3. The van der Waals surface area contributed by atoms with E-state index in [1.165, 1.54) is 39.8 Å². The van der Waals surface area contributed by atoms with Gasteiger partial charge in [0.2, 0.25) is 0 Å².